The lowest BCUT2D eigenvalue weighted by Crippen LogP contribution is -2.58. The van der Waals surface area contributed by atoms with Crippen molar-refractivity contribution in [2.24, 2.45) is 5.10 Å². The minimum absolute atomic E-state index is 0.0774. The second-order valence-corrected chi connectivity index (χ2v) is 9.48. The molecule has 3 nitrogen and oxygen atoms in total. The second-order valence-electron chi connectivity index (χ2n) is 8.70. The standard InChI is InChI=1S/C28H25Cl2N3/c1-5-15-31-33(4)24(17-18(2)3)21-13-14-22(29)26(30)25(21)27-28(33)20-11-7-6-10-19(20)23-12-8-9-16-32(23)27/h5-17,27-28H,1-2H2,3-4H3/q+2/b24-17-,31-15-. The molecule has 0 fully saturated rings. The summed E-state index contributed by atoms with van der Waals surface area (Å²) in [5, 5.41) is 6.20. The molecule has 164 valence electrons. The molecule has 0 amide bonds. The van der Waals surface area contributed by atoms with E-state index in [1.54, 1.807) is 12.3 Å². The van der Waals surface area contributed by atoms with Crippen LogP contribution in [0.5, 0.6) is 0 Å². The Labute approximate surface area is 204 Å². The predicted molar refractivity (Wildman–Crippen MR) is 137 cm³/mol. The fraction of sp³-hybridized carbons (Fsp3) is 0.143. The van der Waals surface area contributed by atoms with E-state index in [9.17, 15) is 0 Å². The van der Waals surface area contributed by atoms with E-state index in [1.165, 1.54) is 11.1 Å². The van der Waals surface area contributed by atoms with Crippen molar-refractivity contribution in [2.45, 2.75) is 19.0 Å². The number of likely N-dealkylation sites (N-methyl/N-ethyl adjacent to an activating group) is 1. The van der Waals surface area contributed by atoms with Crippen LogP contribution in [-0.2, 0) is 0 Å². The van der Waals surface area contributed by atoms with Gasteiger partial charge >= 0.3 is 0 Å². The average Bonchev–Trinajstić information content (AvgIpc) is 2.82. The van der Waals surface area contributed by atoms with E-state index >= 15 is 0 Å². The SMILES string of the molecule is C=C/C=N\[N+]1(C)/C(=C\C(=C)C)c2ccc(Cl)c(Cl)c2C2C1c1ccccc1-c1cccc[n+]12. The first-order chi connectivity index (χ1) is 15.9. The van der Waals surface area contributed by atoms with Gasteiger partial charge in [0.1, 0.15) is 0 Å². The number of allylic oxidation sites excluding steroid dienone is 3. The Morgan fingerprint density at radius 1 is 1.06 bits per heavy atom. The molecule has 5 rings (SSSR count). The predicted octanol–water partition coefficient (Wildman–Crippen LogP) is 7.14. The molecule has 2 aromatic carbocycles. The summed E-state index contributed by atoms with van der Waals surface area (Å²) in [4.78, 5) is 0. The highest BCUT2D eigenvalue weighted by molar-refractivity contribution is 6.42. The van der Waals surface area contributed by atoms with E-state index in [2.05, 4.69) is 85.6 Å². The molecule has 33 heavy (non-hydrogen) atoms. The lowest BCUT2D eigenvalue weighted by molar-refractivity contribution is -0.913. The van der Waals surface area contributed by atoms with Gasteiger partial charge in [-0.3, -0.25) is 0 Å². The van der Waals surface area contributed by atoms with Gasteiger partial charge in [-0.15, -0.1) is 0 Å². The number of hydrogen-bond donors (Lipinski definition) is 0. The molecule has 3 aromatic rings. The lowest BCUT2D eigenvalue weighted by Gasteiger charge is -2.45. The summed E-state index contributed by atoms with van der Waals surface area (Å²) in [6.45, 7) is 10.0. The van der Waals surface area contributed by atoms with Crippen LogP contribution in [0, 0.1) is 0 Å². The Bertz CT molecular complexity index is 1370. The van der Waals surface area contributed by atoms with E-state index < -0.39 is 0 Å². The highest BCUT2D eigenvalue weighted by Crippen LogP contribution is 2.56. The summed E-state index contributed by atoms with van der Waals surface area (Å²) in [5.74, 6) is 0. The third-order valence-corrected chi connectivity index (χ3v) is 7.39. The highest BCUT2D eigenvalue weighted by Gasteiger charge is 2.59. The van der Waals surface area contributed by atoms with Crippen LogP contribution in [-0.4, -0.2) is 17.9 Å². The van der Waals surface area contributed by atoms with Crippen LogP contribution in [0.2, 0.25) is 10.0 Å². The zero-order valence-corrected chi connectivity index (χ0v) is 20.2. The Balaban J connectivity index is 1.98. The number of halogens is 2. The fourth-order valence-electron chi connectivity index (χ4n) is 5.31. The Hall–Kier alpha value is -2.98. The maximum Gasteiger partial charge on any atom is 0.244 e. The van der Waals surface area contributed by atoms with Crippen molar-refractivity contribution in [3.05, 3.63) is 118 Å². The third-order valence-electron chi connectivity index (χ3n) is 6.57. The number of fused-ring (bicyclic) bond motifs is 8. The van der Waals surface area contributed by atoms with E-state index in [4.69, 9.17) is 28.3 Å². The second kappa shape index (κ2) is 8.11. The minimum atomic E-state index is -0.105. The zero-order valence-electron chi connectivity index (χ0n) is 18.7. The maximum atomic E-state index is 6.97. The molecule has 0 spiro atoms. The molecule has 1 aromatic heterocycles. The fourth-order valence-corrected chi connectivity index (χ4v) is 5.76. The largest absolute Gasteiger partial charge is 0.244 e. The first kappa shape index (κ1) is 21.8. The summed E-state index contributed by atoms with van der Waals surface area (Å²) < 4.78 is 2.61. The van der Waals surface area contributed by atoms with Gasteiger partial charge in [-0.25, -0.2) is 0 Å². The number of benzene rings is 2. The molecule has 3 heterocycles. The average molecular weight is 474 g/mol. The van der Waals surface area contributed by atoms with Crippen molar-refractivity contribution < 1.29 is 9.16 Å². The summed E-state index contributed by atoms with van der Waals surface area (Å²) in [5.41, 5.74) is 7.54. The Morgan fingerprint density at radius 2 is 1.82 bits per heavy atom. The van der Waals surface area contributed by atoms with Gasteiger partial charge in [0.2, 0.25) is 17.8 Å². The van der Waals surface area contributed by atoms with Gasteiger partial charge in [0.15, 0.2) is 11.9 Å². The third kappa shape index (κ3) is 3.23. The van der Waals surface area contributed by atoms with Crippen LogP contribution in [0.4, 0.5) is 0 Å². The van der Waals surface area contributed by atoms with E-state index in [0.717, 1.165) is 28.1 Å². The highest BCUT2D eigenvalue weighted by atomic mass is 35.5. The summed E-state index contributed by atoms with van der Waals surface area (Å²) >= 11 is 13.6. The molecule has 0 radical (unpaired) electrons. The molecule has 0 aliphatic carbocycles. The molecule has 5 heteroatoms. The molecule has 0 saturated carbocycles. The number of quaternary nitrogens is 1. The molecule has 2 aliphatic heterocycles. The first-order valence-corrected chi connectivity index (χ1v) is 11.6. The number of hydrogen-bond acceptors (Lipinski definition) is 1. The van der Waals surface area contributed by atoms with E-state index in [0.29, 0.717) is 14.6 Å². The maximum absolute atomic E-state index is 6.97. The molecule has 0 N–H and O–H groups in total. The van der Waals surface area contributed by atoms with E-state index in [1.807, 2.05) is 13.0 Å². The Morgan fingerprint density at radius 3 is 2.58 bits per heavy atom. The van der Waals surface area contributed by atoms with Crippen LogP contribution in [0.25, 0.3) is 17.0 Å². The summed E-state index contributed by atoms with van der Waals surface area (Å²) in [7, 11) is 2.14. The van der Waals surface area contributed by atoms with Crippen LogP contribution >= 0.6 is 23.2 Å². The number of rotatable bonds is 3. The van der Waals surface area contributed by atoms with Crippen molar-refractivity contribution in [1.82, 2.24) is 0 Å². The molecule has 0 bridgehead atoms. The normalized spacial score (nSPS) is 24.1. The van der Waals surface area contributed by atoms with Gasteiger partial charge < -0.3 is 0 Å². The summed E-state index contributed by atoms with van der Waals surface area (Å²) in [6.07, 6.45) is 7.73. The zero-order chi connectivity index (χ0) is 23.3. The molecule has 3 atom stereocenters. The number of pyridine rings is 1. The summed E-state index contributed by atoms with van der Waals surface area (Å²) in [6, 6.07) is 18.6. The van der Waals surface area contributed by atoms with Crippen LogP contribution in [0.3, 0.4) is 0 Å². The van der Waals surface area contributed by atoms with Crippen molar-refractivity contribution in [1.29, 1.82) is 0 Å². The minimum Gasteiger partial charge on any atom is -0.184 e. The molecule has 3 unspecified atom stereocenters. The van der Waals surface area contributed by atoms with Crippen LogP contribution < -0.4 is 4.57 Å². The van der Waals surface area contributed by atoms with Crippen molar-refractivity contribution in [3.63, 3.8) is 0 Å². The van der Waals surface area contributed by atoms with Crippen LogP contribution in [0.1, 0.15) is 35.7 Å². The molecular formula is C28H25Cl2N3+2. The monoisotopic (exact) mass is 473 g/mol. The number of nitrogens with zero attached hydrogens (tertiary/aromatic N) is 3. The number of aromatic nitrogens is 1. The van der Waals surface area contributed by atoms with Gasteiger partial charge in [0.25, 0.3) is 0 Å². The van der Waals surface area contributed by atoms with Crippen molar-refractivity contribution >= 4 is 35.1 Å². The first-order valence-electron chi connectivity index (χ1n) is 10.9. The topological polar surface area (TPSA) is 16.2 Å². The lowest BCUT2D eigenvalue weighted by atomic mass is 9.78. The molecule has 0 saturated heterocycles. The van der Waals surface area contributed by atoms with Gasteiger partial charge in [-0.1, -0.05) is 65.2 Å². The van der Waals surface area contributed by atoms with Gasteiger partial charge in [0.05, 0.1) is 34.4 Å². The molecular weight excluding hydrogens is 449 g/mol. The van der Waals surface area contributed by atoms with Gasteiger partial charge in [0, 0.05) is 29.3 Å². The smallest absolute Gasteiger partial charge is 0.184 e. The Kier molecular flexibility index (Phi) is 5.37. The van der Waals surface area contributed by atoms with E-state index in [-0.39, 0.29) is 12.1 Å². The quantitative estimate of drug-likeness (QED) is 0.218. The van der Waals surface area contributed by atoms with Gasteiger partial charge in [-0.05, 0) is 37.3 Å². The van der Waals surface area contributed by atoms with Crippen LogP contribution in [0.15, 0.2) is 96.8 Å². The van der Waals surface area contributed by atoms with Gasteiger partial charge in [-0.2, -0.15) is 9.16 Å². The van der Waals surface area contributed by atoms with Crippen molar-refractivity contribution in [3.8, 4) is 11.3 Å². The van der Waals surface area contributed by atoms with Crippen molar-refractivity contribution in [2.75, 3.05) is 7.05 Å². The molecule has 2 aliphatic rings.